The van der Waals surface area contributed by atoms with Crippen molar-refractivity contribution in [1.29, 1.82) is 0 Å². The molecule has 0 atom stereocenters. The van der Waals surface area contributed by atoms with Gasteiger partial charge in [-0.05, 0) is 63.0 Å². The van der Waals surface area contributed by atoms with Crippen LogP contribution >= 0.6 is 0 Å². The van der Waals surface area contributed by atoms with Crippen molar-refractivity contribution in [3.63, 3.8) is 0 Å². The maximum atomic E-state index is 13.3. The summed E-state index contributed by atoms with van der Waals surface area (Å²) < 4.78 is 47.6. The third-order valence-corrected chi connectivity index (χ3v) is 6.32. The summed E-state index contributed by atoms with van der Waals surface area (Å²) in [4.78, 5) is 7.21. The Bertz CT molecular complexity index is 1020. The number of hydrogen-bond acceptors (Lipinski definition) is 3. The zero-order valence-electron chi connectivity index (χ0n) is 18.4. The first kappa shape index (κ1) is 22.8. The Hall–Kier alpha value is -2.38. The zero-order chi connectivity index (χ0) is 22.6. The highest BCUT2D eigenvalue weighted by molar-refractivity contribution is 5.76. The quantitative estimate of drug-likeness (QED) is 0.428. The smallest absolute Gasteiger partial charge is 0.380 e. The average molecular weight is 446 g/mol. The van der Waals surface area contributed by atoms with Gasteiger partial charge >= 0.3 is 6.18 Å². The second-order valence-corrected chi connectivity index (χ2v) is 8.33. The topological polar surface area (TPSA) is 30.3 Å². The largest absolute Gasteiger partial charge is 0.416 e. The van der Waals surface area contributed by atoms with Crippen molar-refractivity contribution in [2.24, 2.45) is 0 Å². The van der Waals surface area contributed by atoms with E-state index in [1.807, 2.05) is 25.1 Å². The molecule has 0 radical (unpaired) electrons. The number of rotatable bonds is 8. The number of ether oxygens (including phenoxy) is 1. The number of piperidine rings is 1. The lowest BCUT2D eigenvalue weighted by atomic mass is 9.95. The molecule has 1 aliphatic rings. The maximum absolute atomic E-state index is 13.3. The first-order chi connectivity index (χ1) is 15.5. The Morgan fingerprint density at radius 1 is 1.00 bits per heavy atom. The molecule has 0 unspecified atom stereocenters. The highest BCUT2D eigenvalue weighted by Gasteiger charge is 2.33. The van der Waals surface area contributed by atoms with Crippen LogP contribution in [0.4, 0.5) is 13.2 Å². The number of fused-ring (bicyclic) bond motifs is 1. The monoisotopic (exact) mass is 445 g/mol. The van der Waals surface area contributed by atoms with Gasteiger partial charge in [0.1, 0.15) is 5.82 Å². The molecular formula is C25H30F3N3O. The Kier molecular flexibility index (Phi) is 7.16. The summed E-state index contributed by atoms with van der Waals surface area (Å²) in [6.45, 7) is 6.49. The SMILES string of the molecule is CCOCCn1c(C2CCN(CCc3ccccc3C(F)(F)F)CC2)nc2ccccc21. The second kappa shape index (κ2) is 10.0. The molecule has 0 N–H and O–H groups in total. The van der Waals surface area contributed by atoms with Gasteiger partial charge in [0.15, 0.2) is 0 Å². The molecule has 1 aromatic heterocycles. The van der Waals surface area contributed by atoms with Crippen molar-refractivity contribution in [1.82, 2.24) is 14.5 Å². The van der Waals surface area contributed by atoms with Crippen LogP contribution in [-0.4, -0.2) is 47.3 Å². The lowest BCUT2D eigenvalue weighted by Crippen LogP contribution is -2.35. The number of imidazole rings is 1. The van der Waals surface area contributed by atoms with Gasteiger partial charge in [-0.15, -0.1) is 0 Å². The Morgan fingerprint density at radius 3 is 2.47 bits per heavy atom. The molecule has 4 nitrogen and oxygen atoms in total. The molecule has 1 fully saturated rings. The van der Waals surface area contributed by atoms with Crippen molar-refractivity contribution in [3.8, 4) is 0 Å². The highest BCUT2D eigenvalue weighted by Crippen LogP contribution is 2.33. The zero-order valence-corrected chi connectivity index (χ0v) is 18.4. The molecule has 1 aliphatic heterocycles. The molecule has 172 valence electrons. The van der Waals surface area contributed by atoms with Gasteiger partial charge in [0, 0.05) is 25.6 Å². The van der Waals surface area contributed by atoms with E-state index in [4.69, 9.17) is 9.72 Å². The van der Waals surface area contributed by atoms with Gasteiger partial charge in [-0.3, -0.25) is 0 Å². The van der Waals surface area contributed by atoms with Gasteiger partial charge in [-0.25, -0.2) is 4.98 Å². The summed E-state index contributed by atoms with van der Waals surface area (Å²) in [6, 6.07) is 14.1. The third kappa shape index (κ3) is 5.15. The fourth-order valence-electron chi connectivity index (χ4n) is 4.65. The number of para-hydroxylation sites is 2. The van der Waals surface area contributed by atoms with Crippen LogP contribution in [0.2, 0.25) is 0 Å². The summed E-state index contributed by atoms with van der Waals surface area (Å²) in [5, 5.41) is 0. The molecule has 2 aromatic carbocycles. The molecular weight excluding hydrogens is 415 g/mol. The molecule has 3 aromatic rings. The third-order valence-electron chi connectivity index (χ3n) is 6.32. The minimum atomic E-state index is -4.30. The lowest BCUT2D eigenvalue weighted by Gasteiger charge is -2.32. The fourth-order valence-corrected chi connectivity index (χ4v) is 4.65. The van der Waals surface area contributed by atoms with Crippen LogP contribution in [0.5, 0.6) is 0 Å². The van der Waals surface area contributed by atoms with Gasteiger partial charge in [0.25, 0.3) is 0 Å². The van der Waals surface area contributed by atoms with Crippen LogP contribution in [0.25, 0.3) is 11.0 Å². The average Bonchev–Trinajstić information content (AvgIpc) is 3.16. The molecule has 4 rings (SSSR count). The highest BCUT2D eigenvalue weighted by atomic mass is 19.4. The molecule has 0 saturated carbocycles. The number of halogens is 3. The fraction of sp³-hybridized carbons (Fsp3) is 0.480. The van der Waals surface area contributed by atoms with Crippen LogP contribution in [-0.2, 0) is 23.9 Å². The Morgan fingerprint density at radius 2 is 1.72 bits per heavy atom. The predicted molar refractivity (Wildman–Crippen MR) is 120 cm³/mol. The van der Waals surface area contributed by atoms with Gasteiger partial charge in [-0.1, -0.05) is 30.3 Å². The van der Waals surface area contributed by atoms with E-state index in [0.29, 0.717) is 37.7 Å². The molecule has 0 bridgehead atoms. The second-order valence-electron chi connectivity index (χ2n) is 8.33. The number of hydrogen-bond donors (Lipinski definition) is 0. The normalized spacial score (nSPS) is 16.1. The minimum Gasteiger partial charge on any atom is -0.380 e. The molecule has 0 spiro atoms. The van der Waals surface area contributed by atoms with Crippen molar-refractivity contribution in [3.05, 3.63) is 65.5 Å². The summed E-state index contributed by atoms with van der Waals surface area (Å²) in [5.74, 6) is 1.45. The molecule has 0 aliphatic carbocycles. The van der Waals surface area contributed by atoms with E-state index in [0.717, 1.165) is 49.3 Å². The molecule has 2 heterocycles. The first-order valence-electron chi connectivity index (χ1n) is 11.4. The number of aromatic nitrogens is 2. The summed E-state index contributed by atoms with van der Waals surface area (Å²) >= 11 is 0. The maximum Gasteiger partial charge on any atom is 0.416 e. The van der Waals surface area contributed by atoms with Crippen LogP contribution in [0.15, 0.2) is 48.5 Å². The van der Waals surface area contributed by atoms with E-state index in [1.165, 1.54) is 12.1 Å². The van der Waals surface area contributed by atoms with Crippen LogP contribution < -0.4 is 0 Å². The first-order valence-corrected chi connectivity index (χ1v) is 11.4. The van der Waals surface area contributed by atoms with Crippen LogP contribution in [0.3, 0.4) is 0 Å². The molecule has 7 heteroatoms. The van der Waals surface area contributed by atoms with E-state index in [-0.39, 0.29) is 0 Å². The number of alkyl halides is 3. The van der Waals surface area contributed by atoms with Crippen LogP contribution in [0.1, 0.15) is 42.6 Å². The number of nitrogens with zero attached hydrogens (tertiary/aromatic N) is 3. The van der Waals surface area contributed by atoms with E-state index >= 15 is 0 Å². The van der Waals surface area contributed by atoms with Gasteiger partial charge < -0.3 is 14.2 Å². The van der Waals surface area contributed by atoms with Gasteiger partial charge in [-0.2, -0.15) is 13.2 Å². The number of benzene rings is 2. The predicted octanol–water partition coefficient (Wildman–Crippen LogP) is 5.51. The molecule has 32 heavy (non-hydrogen) atoms. The van der Waals surface area contributed by atoms with E-state index in [2.05, 4.69) is 15.5 Å². The van der Waals surface area contributed by atoms with Gasteiger partial charge in [0.2, 0.25) is 0 Å². The summed E-state index contributed by atoms with van der Waals surface area (Å²) in [7, 11) is 0. The summed E-state index contributed by atoms with van der Waals surface area (Å²) in [5.41, 5.74) is 2.00. The van der Waals surface area contributed by atoms with Crippen molar-refractivity contribution < 1.29 is 17.9 Å². The molecule has 0 amide bonds. The van der Waals surface area contributed by atoms with Crippen molar-refractivity contribution >= 4 is 11.0 Å². The minimum absolute atomic E-state index is 0.350. The Balaban J connectivity index is 1.40. The Labute approximate surface area is 187 Å². The van der Waals surface area contributed by atoms with E-state index in [9.17, 15) is 13.2 Å². The van der Waals surface area contributed by atoms with Gasteiger partial charge in [0.05, 0.1) is 23.2 Å². The summed E-state index contributed by atoms with van der Waals surface area (Å²) in [6.07, 6.45) is -1.98. The van der Waals surface area contributed by atoms with Crippen molar-refractivity contribution in [2.45, 2.75) is 44.8 Å². The number of likely N-dealkylation sites (tertiary alicyclic amines) is 1. The van der Waals surface area contributed by atoms with Crippen molar-refractivity contribution in [2.75, 3.05) is 32.8 Å². The standard InChI is InChI=1S/C25H30F3N3O/c1-2-32-18-17-31-23-10-6-5-9-22(23)29-24(31)20-12-15-30(16-13-20)14-11-19-7-3-4-8-21(19)25(26,27)28/h3-10,20H,2,11-18H2,1H3. The van der Waals surface area contributed by atoms with E-state index in [1.54, 1.807) is 12.1 Å². The van der Waals surface area contributed by atoms with E-state index < -0.39 is 11.7 Å². The van der Waals surface area contributed by atoms with Crippen LogP contribution in [0, 0.1) is 0 Å². The lowest BCUT2D eigenvalue weighted by molar-refractivity contribution is -0.138. The molecule has 1 saturated heterocycles.